The fraction of sp³-hybridized carbons (Fsp3) is 0.333. The zero-order chi connectivity index (χ0) is 20.8. The maximum atomic E-state index is 13.2. The molecule has 0 N–H and O–H groups in total. The molecular weight excluding hydrogens is 376 g/mol. The topological polar surface area (TPSA) is 73.8 Å². The molecule has 3 heterocycles. The summed E-state index contributed by atoms with van der Waals surface area (Å²) in [4.78, 5) is 26.9. The molecule has 1 aliphatic carbocycles. The minimum Gasteiger partial charge on any atom is -0.441 e. The molecule has 1 aromatic carbocycles. The van der Waals surface area contributed by atoms with Crippen LogP contribution < -0.4 is 5.56 Å². The van der Waals surface area contributed by atoms with E-state index in [0.29, 0.717) is 35.1 Å². The van der Waals surface area contributed by atoms with Crippen LogP contribution in [-0.2, 0) is 19.4 Å². The van der Waals surface area contributed by atoms with Crippen molar-refractivity contribution < 1.29 is 4.42 Å². The van der Waals surface area contributed by atoms with E-state index in [1.807, 2.05) is 44.2 Å². The quantitative estimate of drug-likeness (QED) is 0.514. The third kappa shape index (κ3) is 3.32. The number of oxazole rings is 1. The smallest absolute Gasteiger partial charge is 0.263 e. The fourth-order valence-electron chi connectivity index (χ4n) is 4.09. The Morgan fingerprint density at radius 1 is 1.17 bits per heavy atom. The van der Waals surface area contributed by atoms with Crippen molar-refractivity contribution in [2.75, 3.05) is 0 Å². The molecule has 5 rings (SSSR count). The van der Waals surface area contributed by atoms with Gasteiger partial charge in [0.15, 0.2) is 5.65 Å². The number of fused-ring (bicyclic) bond motifs is 2. The lowest BCUT2D eigenvalue weighted by molar-refractivity contribution is 0.495. The summed E-state index contributed by atoms with van der Waals surface area (Å²) in [7, 11) is 0. The van der Waals surface area contributed by atoms with E-state index in [1.165, 1.54) is 11.1 Å². The highest BCUT2D eigenvalue weighted by Crippen LogP contribution is 2.26. The average molecular weight is 400 g/mol. The van der Waals surface area contributed by atoms with Crippen LogP contribution in [0.15, 0.2) is 45.9 Å². The number of aryl methyl sites for hydroxylation is 3. The third-order valence-corrected chi connectivity index (χ3v) is 5.94. The van der Waals surface area contributed by atoms with E-state index in [9.17, 15) is 4.79 Å². The predicted octanol–water partition coefficient (Wildman–Crippen LogP) is 4.24. The zero-order valence-electron chi connectivity index (χ0n) is 17.5. The maximum Gasteiger partial charge on any atom is 0.263 e. The van der Waals surface area contributed by atoms with E-state index in [4.69, 9.17) is 4.42 Å². The van der Waals surface area contributed by atoms with Crippen molar-refractivity contribution in [3.63, 3.8) is 0 Å². The summed E-state index contributed by atoms with van der Waals surface area (Å²) in [6.45, 7) is 6.48. The number of nitrogens with zero attached hydrogens (tertiary/aromatic N) is 4. The van der Waals surface area contributed by atoms with E-state index in [1.54, 1.807) is 10.9 Å². The van der Waals surface area contributed by atoms with Gasteiger partial charge in [-0.25, -0.2) is 15.0 Å². The van der Waals surface area contributed by atoms with Gasteiger partial charge in [-0.15, -0.1) is 0 Å². The SMILES string of the molecule is Cc1ccc(-c2nc(Cn3cnc4nc5c(cc4c3=O)C[C@H](C)CC5)c(C)o2)cc1. The second kappa shape index (κ2) is 7.20. The van der Waals surface area contributed by atoms with Gasteiger partial charge in [-0.1, -0.05) is 24.6 Å². The molecule has 0 unspecified atom stereocenters. The second-order valence-corrected chi connectivity index (χ2v) is 8.38. The van der Waals surface area contributed by atoms with E-state index in [2.05, 4.69) is 21.9 Å². The lowest BCUT2D eigenvalue weighted by atomic mass is 9.87. The summed E-state index contributed by atoms with van der Waals surface area (Å²) in [6, 6.07) is 10.0. The van der Waals surface area contributed by atoms with Crippen molar-refractivity contribution in [1.82, 2.24) is 19.5 Å². The Hall–Kier alpha value is -3.28. The molecule has 0 radical (unpaired) electrons. The molecule has 1 aliphatic rings. The molecule has 0 fully saturated rings. The molecule has 0 bridgehead atoms. The first-order valence-corrected chi connectivity index (χ1v) is 10.4. The molecule has 0 spiro atoms. The molecule has 152 valence electrons. The molecular formula is C24H24N4O2. The summed E-state index contributed by atoms with van der Waals surface area (Å²) in [5, 5.41) is 0.574. The molecule has 1 atom stereocenters. The van der Waals surface area contributed by atoms with Crippen LogP contribution in [-0.4, -0.2) is 19.5 Å². The zero-order valence-corrected chi connectivity index (χ0v) is 17.5. The first kappa shape index (κ1) is 18.7. The van der Waals surface area contributed by atoms with Gasteiger partial charge in [0.25, 0.3) is 5.56 Å². The molecule has 6 nitrogen and oxygen atoms in total. The number of rotatable bonds is 3. The molecule has 0 aliphatic heterocycles. The highest BCUT2D eigenvalue weighted by atomic mass is 16.4. The number of pyridine rings is 1. The third-order valence-electron chi connectivity index (χ3n) is 5.94. The van der Waals surface area contributed by atoms with Gasteiger partial charge in [-0.3, -0.25) is 9.36 Å². The number of hydrogen-bond acceptors (Lipinski definition) is 5. The Morgan fingerprint density at radius 2 is 1.97 bits per heavy atom. The van der Waals surface area contributed by atoms with Crippen LogP contribution in [0.3, 0.4) is 0 Å². The standard InChI is InChI=1S/C24H24N4O2/c1-14-4-7-17(8-5-14)23-27-21(16(3)30-23)12-28-13-25-22-19(24(28)29)11-18-10-15(2)6-9-20(18)26-22/h4-5,7-8,11,13,15H,6,9-10,12H2,1-3H3/t15-/m1/s1. The average Bonchev–Trinajstić information content (AvgIpc) is 3.10. The van der Waals surface area contributed by atoms with Crippen molar-refractivity contribution in [2.45, 2.75) is 46.6 Å². The molecule has 0 amide bonds. The number of benzene rings is 1. The first-order chi connectivity index (χ1) is 14.5. The van der Waals surface area contributed by atoms with E-state index < -0.39 is 0 Å². The largest absolute Gasteiger partial charge is 0.441 e. The molecule has 4 aromatic rings. The monoisotopic (exact) mass is 400 g/mol. The van der Waals surface area contributed by atoms with Gasteiger partial charge in [-0.2, -0.15) is 0 Å². The van der Waals surface area contributed by atoms with Gasteiger partial charge in [0.2, 0.25) is 5.89 Å². The van der Waals surface area contributed by atoms with Crippen molar-refractivity contribution >= 4 is 11.0 Å². The van der Waals surface area contributed by atoms with Crippen LogP contribution in [0.25, 0.3) is 22.5 Å². The van der Waals surface area contributed by atoms with Crippen molar-refractivity contribution in [3.05, 3.63) is 75.3 Å². The Bertz CT molecular complexity index is 1300. The minimum absolute atomic E-state index is 0.0900. The summed E-state index contributed by atoms with van der Waals surface area (Å²) >= 11 is 0. The minimum atomic E-state index is -0.0900. The van der Waals surface area contributed by atoms with Crippen molar-refractivity contribution in [1.29, 1.82) is 0 Å². The van der Waals surface area contributed by atoms with Gasteiger partial charge in [0.1, 0.15) is 17.8 Å². The van der Waals surface area contributed by atoms with E-state index in [-0.39, 0.29) is 5.56 Å². The molecule has 0 saturated heterocycles. The highest BCUT2D eigenvalue weighted by molar-refractivity contribution is 5.74. The van der Waals surface area contributed by atoms with Crippen LogP contribution in [0.5, 0.6) is 0 Å². The lowest BCUT2D eigenvalue weighted by Crippen LogP contribution is -2.23. The van der Waals surface area contributed by atoms with Gasteiger partial charge < -0.3 is 4.42 Å². The molecule has 6 heteroatoms. The Kier molecular flexibility index (Phi) is 4.50. The van der Waals surface area contributed by atoms with Crippen LogP contribution in [0.1, 0.15) is 41.6 Å². The summed E-state index contributed by atoms with van der Waals surface area (Å²) in [5.41, 5.74) is 5.53. The maximum absolute atomic E-state index is 13.2. The predicted molar refractivity (Wildman–Crippen MR) is 116 cm³/mol. The highest BCUT2D eigenvalue weighted by Gasteiger charge is 2.19. The Balaban J connectivity index is 1.50. The first-order valence-electron chi connectivity index (χ1n) is 10.4. The van der Waals surface area contributed by atoms with Crippen LogP contribution in [0.4, 0.5) is 0 Å². The van der Waals surface area contributed by atoms with E-state index in [0.717, 1.165) is 36.2 Å². The van der Waals surface area contributed by atoms with Gasteiger partial charge in [0, 0.05) is 11.3 Å². The molecule has 30 heavy (non-hydrogen) atoms. The second-order valence-electron chi connectivity index (χ2n) is 8.38. The lowest BCUT2D eigenvalue weighted by Gasteiger charge is -2.20. The van der Waals surface area contributed by atoms with E-state index >= 15 is 0 Å². The Labute approximate surface area is 174 Å². The molecule has 3 aromatic heterocycles. The van der Waals surface area contributed by atoms with Gasteiger partial charge in [0.05, 0.1) is 11.9 Å². The summed E-state index contributed by atoms with van der Waals surface area (Å²) in [6.07, 6.45) is 4.62. The number of hydrogen-bond donors (Lipinski definition) is 0. The van der Waals surface area contributed by atoms with Crippen LogP contribution >= 0.6 is 0 Å². The summed E-state index contributed by atoms with van der Waals surface area (Å²) in [5.74, 6) is 1.89. The van der Waals surface area contributed by atoms with Crippen LogP contribution in [0, 0.1) is 19.8 Å². The Morgan fingerprint density at radius 3 is 2.77 bits per heavy atom. The fourth-order valence-corrected chi connectivity index (χ4v) is 4.09. The molecule has 0 saturated carbocycles. The normalized spacial score (nSPS) is 16.0. The van der Waals surface area contributed by atoms with Crippen molar-refractivity contribution in [3.8, 4) is 11.5 Å². The van der Waals surface area contributed by atoms with Gasteiger partial charge in [-0.05, 0) is 62.8 Å². The summed E-state index contributed by atoms with van der Waals surface area (Å²) < 4.78 is 7.46. The number of aromatic nitrogens is 4. The van der Waals surface area contributed by atoms with Gasteiger partial charge >= 0.3 is 0 Å². The van der Waals surface area contributed by atoms with Crippen LogP contribution in [0.2, 0.25) is 0 Å². The van der Waals surface area contributed by atoms with Crippen molar-refractivity contribution in [2.24, 2.45) is 5.92 Å².